The molecular weight excluding hydrogens is 236 g/mol. The lowest BCUT2D eigenvalue weighted by molar-refractivity contribution is 0.191. The van der Waals surface area contributed by atoms with Gasteiger partial charge in [0.25, 0.3) is 0 Å². The van der Waals surface area contributed by atoms with Crippen LogP contribution in [-0.4, -0.2) is 16.6 Å². The Morgan fingerprint density at radius 2 is 2.11 bits per heavy atom. The summed E-state index contributed by atoms with van der Waals surface area (Å²) >= 11 is 0. The predicted molar refractivity (Wildman–Crippen MR) is 76.2 cm³/mol. The van der Waals surface area contributed by atoms with Gasteiger partial charge >= 0.3 is 0 Å². The number of aliphatic hydroxyl groups excluding tert-OH is 1. The highest BCUT2D eigenvalue weighted by atomic mass is 16.3. The second-order valence-corrected chi connectivity index (χ2v) is 5.02. The molecule has 98 valence electrons. The molecule has 2 aromatic rings. The monoisotopic (exact) mass is 254 g/mol. The largest absolute Gasteiger partial charge is 0.387 e. The van der Waals surface area contributed by atoms with Gasteiger partial charge in [-0.25, -0.2) is 0 Å². The summed E-state index contributed by atoms with van der Waals surface area (Å²) in [5.41, 5.74) is 4.85. The summed E-state index contributed by atoms with van der Waals surface area (Å²) < 4.78 is 0. The van der Waals surface area contributed by atoms with Crippen LogP contribution in [0.1, 0.15) is 29.2 Å². The van der Waals surface area contributed by atoms with E-state index in [4.69, 9.17) is 0 Å². The van der Waals surface area contributed by atoms with E-state index in [-0.39, 0.29) is 0 Å². The van der Waals surface area contributed by atoms with E-state index >= 15 is 0 Å². The third-order valence-corrected chi connectivity index (χ3v) is 3.67. The van der Waals surface area contributed by atoms with E-state index in [9.17, 15) is 5.11 Å². The summed E-state index contributed by atoms with van der Waals surface area (Å²) in [7, 11) is 0. The third kappa shape index (κ3) is 2.76. The van der Waals surface area contributed by atoms with Crippen molar-refractivity contribution in [2.24, 2.45) is 0 Å². The first-order valence-electron chi connectivity index (χ1n) is 6.76. The molecule has 0 radical (unpaired) electrons. The first-order valence-corrected chi connectivity index (χ1v) is 6.76. The summed E-state index contributed by atoms with van der Waals surface area (Å²) in [4.78, 5) is 4.02. The zero-order valence-electron chi connectivity index (χ0n) is 10.8. The van der Waals surface area contributed by atoms with Gasteiger partial charge in [0, 0.05) is 30.2 Å². The van der Waals surface area contributed by atoms with Gasteiger partial charge in [0.2, 0.25) is 0 Å². The Labute approximate surface area is 113 Å². The SMILES string of the molecule is OC(CNc1ccc2c(c1)CCC2)c1cccnc1. The van der Waals surface area contributed by atoms with Crippen LogP contribution in [0.5, 0.6) is 0 Å². The minimum Gasteiger partial charge on any atom is -0.387 e. The lowest BCUT2D eigenvalue weighted by Gasteiger charge is -2.13. The Morgan fingerprint density at radius 1 is 1.21 bits per heavy atom. The molecule has 0 amide bonds. The van der Waals surface area contributed by atoms with E-state index in [2.05, 4.69) is 28.5 Å². The van der Waals surface area contributed by atoms with Gasteiger partial charge in [-0.05, 0) is 48.6 Å². The molecule has 1 aliphatic carbocycles. The fourth-order valence-corrected chi connectivity index (χ4v) is 2.59. The minimum absolute atomic E-state index is 0.504. The van der Waals surface area contributed by atoms with Crippen LogP contribution in [0.25, 0.3) is 0 Å². The number of aryl methyl sites for hydroxylation is 2. The number of pyridine rings is 1. The van der Waals surface area contributed by atoms with E-state index in [1.54, 1.807) is 12.4 Å². The molecule has 1 aromatic heterocycles. The average Bonchev–Trinajstić information content (AvgIpc) is 2.93. The zero-order chi connectivity index (χ0) is 13.1. The molecule has 0 saturated heterocycles. The van der Waals surface area contributed by atoms with Gasteiger partial charge < -0.3 is 10.4 Å². The van der Waals surface area contributed by atoms with Crippen LogP contribution < -0.4 is 5.32 Å². The average molecular weight is 254 g/mol. The van der Waals surface area contributed by atoms with Gasteiger partial charge in [0.1, 0.15) is 0 Å². The van der Waals surface area contributed by atoms with Gasteiger partial charge in [-0.15, -0.1) is 0 Å². The smallest absolute Gasteiger partial charge is 0.0977 e. The maximum absolute atomic E-state index is 10.1. The number of nitrogens with one attached hydrogen (secondary N) is 1. The van der Waals surface area contributed by atoms with Gasteiger partial charge in [-0.2, -0.15) is 0 Å². The maximum atomic E-state index is 10.1. The van der Waals surface area contributed by atoms with E-state index in [1.807, 2.05) is 12.1 Å². The fourth-order valence-electron chi connectivity index (χ4n) is 2.59. The van der Waals surface area contributed by atoms with Crippen molar-refractivity contribution in [1.82, 2.24) is 4.98 Å². The molecule has 0 spiro atoms. The molecule has 2 N–H and O–H groups in total. The van der Waals surface area contributed by atoms with Crippen molar-refractivity contribution in [3.05, 3.63) is 59.4 Å². The number of nitrogens with zero attached hydrogens (tertiary/aromatic N) is 1. The maximum Gasteiger partial charge on any atom is 0.0977 e. The fraction of sp³-hybridized carbons (Fsp3) is 0.312. The number of anilines is 1. The Hall–Kier alpha value is -1.87. The van der Waals surface area contributed by atoms with Crippen LogP contribution in [-0.2, 0) is 12.8 Å². The summed E-state index contributed by atoms with van der Waals surface area (Å²) in [5.74, 6) is 0. The molecule has 1 heterocycles. The van der Waals surface area contributed by atoms with E-state index in [0.717, 1.165) is 11.3 Å². The highest BCUT2D eigenvalue weighted by molar-refractivity contribution is 5.50. The number of fused-ring (bicyclic) bond motifs is 1. The van der Waals surface area contributed by atoms with Crippen LogP contribution in [0.3, 0.4) is 0 Å². The molecule has 0 aliphatic heterocycles. The minimum atomic E-state index is -0.526. The highest BCUT2D eigenvalue weighted by Gasteiger charge is 2.11. The quantitative estimate of drug-likeness (QED) is 0.881. The van der Waals surface area contributed by atoms with E-state index in [1.165, 1.54) is 30.4 Å². The summed E-state index contributed by atoms with van der Waals surface area (Å²) in [6, 6.07) is 10.2. The molecule has 3 heteroatoms. The second kappa shape index (κ2) is 5.41. The molecule has 3 rings (SSSR count). The van der Waals surface area contributed by atoms with Crippen LogP contribution >= 0.6 is 0 Å². The normalized spacial score (nSPS) is 15.0. The van der Waals surface area contributed by atoms with Gasteiger partial charge in [0.15, 0.2) is 0 Å². The molecule has 0 fully saturated rings. The van der Waals surface area contributed by atoms with Crippen molar-refractivity contribution in [3.63, 3.8) is 0 Å². The Kier molecular flexibility index (Phi) is 3.47. The summed E-state index contributed by atoms with van der Waals surface area (Å²) in [6.45, 7) is 0.504. The van der Waals surface area contributed by atoms with Crippen LogP contribution in [0.15, 0.2) is 42.7 Å². The standard InChI is InChI=1S/C16H18N2O/c19-16(14-5-2-8-17-10-14)11-18-15-7-6-12-3-1-4-13(12)9-15/h2,5-10,16,18-19H,1,3-4,11H2. The van der Waals surface area contributed by atoms with Crippen LogP contribution in [0.4, 0.5) is 5.69 Å². The molecule has 1 aromatic carbocycles. The molecule has 0 saturated carbocycles. The number of hydrogen-bond acceptors (Lipinski definition) is 3. The molecule has 3 nitrogen and oxygen atoms in total. The molecule has 19 heavy (non-hydrogen) atoms. The van der Waals surface area contributed by atoms with Crippen molar-refractivity contribution in [1.29, 1.82) is 0 Å². The van der Waals surface area contributed by atoms with Gasteiger partial charge in [0.05, 0.1) is 6.10 Å². The van der Waals surface area contributed by atoms with Crippen molar-refractivity contribution >= 4 is 5.69 Å². The van der Waals surface area contributed by atoms with Crippen LogP contribution in [0.2, 0.25) is 0 Å². The third-order valence-electron chi connectivity index (χ3n) is 3.67. The molecule has 1 atom stereocenters. The first-order chi connectivity index (χ1) is 9.33. The molecule has 1 unspecified atom stereocenters. The lowest BCUT2D eigenvalue weighted by Crippen LogP contribution is -2.12. The van der Waals surface area contributed by atoms with Gasteiger partial charge in [-0.3, -0.25) is 4.98 Å². The van der Waals surface area contributed by atoms with Crippen LogP contribution in [0, 0.1) is 0 Å². The van der Waals surface area contributed by atoms with E-state index < -0.39 is 6.10 Å². The second-order valence-electron chi connectivity index (χ2n) is 5.02. The summed E-state index contributed by atoms with van der Waals surface area (Å²) in [5, 5.41) is 13.4. The molecule has 1 aliphatic rings. The van der Waals surface area contributed by atoms with Crippen molar-refractivity contribution in [2.45, 2.75) is 25.4 Å². The number of hydrogen-bond donors (Lipinski definition) is 2. The number of rotatable bonds is 4. The van der Waals surface area contributed by atoms with Crippen molar-refractivity contribution in [3.8, 4) is 0 Å². The molecular formula is C16H18N2O. The number of aliphatic hydroxyl groups is 1. The van der Waals surface area contributed by atoms with E-state index in [0.29, 0.717) is 6.54 Å². The topological polar surface area (TPSA) is 45.1 Å². The Bertz CT molecular complexity index is 554. The number of aromatic nitrogens is 1. The zero-order valence-corrected chi connectivity index (χ0v) is 10.8. The van der Waals surface area contributed by atoms with Crippen molar-refractivity contribution < 1.29 is 5.11 Å². The van der Waals surface area contributed by atoms with Crippen molar-refractivity contribution in [2.75, 3.05) is 11.9 Å². The Morgan fingerprint density at radius 3 is 2.95 bits per heavy atom. The summed E-state index contributed by atoms with van der Waals surface area (Å²) in [6.07, 6.45) is 6.53. The number of benzene rings is 1. The van der Waals surface area contributed by atoms with Gasteiger partial charge in [-0.1, -0.05) is 12.1 Å². The Balaban J connectivity index is 1.63. The predicted octanol–water partition coefficient (Wildman–Crippen LogP) is 2.72. The lowest BCUT2D eigenvalue weighted by atomic mass is 10.1. The molecule has 0 bridgehead atoms. The first kappa shape index (κ1) is 12.2. The highest BCUT2D eigenvalue weighted by Crippen LogP contribution is 2.25.